The third kappa shape index (κ3) is 4.83. The Morgan fingerprint density at radius 2 is 1.63 bits per heavy atom. The second kappa shape index (κ2) is 9.63. The second-order valence-corrected chi connectivity index (χ2v) is 10.7. The molecule has 2 bridgehead atoms. The van der Waals surface area contributed by atoms with Crippen molar-refractivity contribution in [3.05, 3.63) is 65.7 Å². The van der Waals surface area contributed by atoms with Gasteiger partial charge in [-0.3, -0.25) is 9.78 Å². The lowest BCUT2D eigenvalue weighted by Gasteiger charge is -2.47. The fourth-order valence-electron chi connectivity index (χ4n) is 5.98. The monoisotopic (exact) mass is 525 g/mol. The number of alkyl halides is 2. The summed E-state index contributed by atoms with van der Waals surface area (Å²) in [4.78, 5) is 28.7. The Morgan fingerprint density at radius 1 is 0.947 bits per heavy atom. The van der Waals surface area contributed by atoms with Crippen LogP contribution in [0.3, 0.4) is 0 Å². The van der Waals surface area contributed by atoms with Crippen LogP contribution in [0.4, 0.5) is 29.2 Å². The summed E-state index contributed by atoms with van der Waals surface area (Å²) in [6.45, 7) is 1.81. The SMILES string of the molecule is O=C(Nc1c(-c2cc(F)ccc2F)ccnc1C1CCC(F)(F)CC1)c1cnc(N2CC3CC(C3)C2)nc1. The summed E-state index contributed by atoms with van der Waals surface area (Å²) in [7, 11) is 0. The number of carbonyl (C=O) groups is 1. The van der Waals surface area contributed by atoms with Gasteiger partial charge < -0.3 is 10.2 Å². The van der Waals surface area contributed by atoms with Crippen LogP contribution < -0.4 is 10.2 Å². The molecule has 38 heavy (non-hydrogen) atoms. The van der Waals surface area contributed by atoms with E-state index in [4.69, 9.17) is 0 Å². The largest absolute Gasteiger partial charge is 0.340 e. The Morgan fingerprint density at radius 3 is 2.32 bits per heavy atom. The highest BCUT2D eigenvalue weighted by Gasteiger charge is 2.38. The van der Waals surface area contributed by atoms with E-state index in [9.17, 15) is 22.4 Å². The molecule has 2 saturated heterocycles. The van der Waals surface area contributed by atoms with Crippen LogP contribution in [0.15, 0.2) is 42.9 Å². The second-order valence-electron chi connectivity index (χ2n) is 10.7. The molecule has 0 atom stereocenters. The van der Waals surface area contributed by atoms with Gasteiger partial charge in [-0.2, -0.15) is 0 Å². The van der Waals surface area contributed by atoms with Crippen LogP contribution in [-0.4, -0.2) is 39.9 Å². The van der Waals surface area contributed by atoms with Gasteiger partial charge in [-0.1, -0.05) is 0 Å². The molecule has 6 nitrogen and oxygen atoms in total. The fourth-order valence-corrected chi connectivity index (χ4v) is 5.98. The van der Waals surface area contributed by atoms with Crippen molar-refractivity contribution in [2.24, 2.45) is 11.8 Å². The summed E-state index contributed by atoms with van der Waals surface area (Å²) < 4.78 is 56.6. The van der Waals surface area contributed by atoms with Crippen molar-refractivity contribution >= 4 is 17.5 Å². The van der Waals surface area contributed by atoms with Gasteiger partial charge in [-0.05, 0) is 61.8 Å². The molecule has 2 aromatic heterocycles. The average molecular weight is 526 g/mol. The van der Waals surface area contributed by atoms with Crippen molar-refractivity contribution in [3.63, 3.8) is 0 Å². The van der Waals surface area contributed by atoms with E-state index in [1.807, 2.05) is 0 Å². The first-order chi connectivity index (χ1) is 18.3. The highest BCUT2D eigenvalue weighted by atomic mass is 19.3. The number of amides is 1. The number of pyridine rings is 1. The van der Waals surface area contributed by atoms with Gasteiger partial charge in [-0.25, -0.2) is 27.5 Å². The zero-order valence-corrected chi connectivity index (χ0v) is 20.6. The molecule has 2 aliphatic carbocycles. The Hall–Kier alpha value is -3.56. The molecule has 0 radical (unpaired) electrons. The maximum absolute atomic E-state index is 14.8. The molecule has 1 amide bonds. The summed E-state index contributed by atoms with van der Waals surface area (Å²) >= 11 is 0. The molecule has 4 heterocycles. The quantitative estimate of drug-likeness (QED) is 0.401. The van der Waals surface area contributed by atoms with E-state index < -0.39 is 23.5 Å². The number of piperidine rings is 2. The molecule has 2 saturated carbocycles. The number of rotatable bonds is 5. The van der Waals surface area contributed by atoms with Gasteiger partial charge in [-0.15, -0.1) is 0 Å². The van der Waals surface area contributed by atoms with Crippen LogP contribution in [0.2, 0.25) is 0 Å². The van der Waals surface area contributed by atoms with Crippen molar-refractivity contribution in [1.29, 1.82) is 0 Å². The number of aromatic nitrogens is 3. The van der Waals surface area contributed by atoms with Crippen LogP contribution >= 0.6 is 0 Å². The summed E-state index contributed by atoms with van der Waals surface area (Å²) in [6.07, 6.45) is 6.51. The molecule has 0 spiro atoms. The number of nitrogens with zero attached hydrogens (tertiary/aromatic N) is 4. The minimum Gasteiger partial charge on any atom is -0.340 e. The normalized spacial score (nSPS) is 22.6. The van der Waals surface area contributed by atoms with E-state index >= 15 is 0 Å². The number of anilines is 2. The highest BCUT2D eigenvalue weighted by Crippen LogP contribution is 2.45. The highest BCUT2D eigenvalue weighted by molar-refractivity contribution is 6.06. The van der Waals surface area contributed by atoms with E-state index in [1.54, 1.807) is 0 Å². The number of halogens is 4. The molecular formula is C28H27F4N5O. The number of carbonyl (C=O) groups excluding carboxylic acids is 1. The summed E-state index contributed by atoms with van der Waals surface area (Å²) in [6, 6.07) is 4.54. The summed E-state index contributed by atoms with van der Waals surface area (Å²) in [5, 5.41) is 2.80. The third-order valence-electron chi connectivity index (χ3n) is 8.01. The lowest BCUT2D eigenvalue weighted by atomic mass is 9.71. The van der Waals surface area contributed by atoms with Crippen LogP contribution in [-0.2, 0) is 0 Å². The maximum Gasteiger partial charge on any atom is 0.258 e. The number of benzene rings is 1. The Balaban J connectivity index is 1.31. The van der Waals surface area contributed by atoms with E-state index in [1.165, 1.54) is 37.5 Å². The lowest BCUT2D eigenvalue weighted by Crippen LogP contribution is -2.49. The molecule has 4 aliphatic rings. The van der Waals surface area contributed by atoms with Gasteiger partial charge in [0.25, 0.3) is 5.91 Å². The molecule has 0 unspecified atom stereocenters. The molecule has 198 valence electrons. The molecule has 3 aromatic rings. The molecule has 2 aliphatic heterocycles. The molecule has 7 rings (SSSR count). The maximum atomic E-state index is 14.8. The number of hydrogen-bond acceptors (Lipinski definition) is 5. The first-order valence-corrected chi connectivity index (χ1v) is 13.0. The van der Waals surface area contributed by atoms with Gasteiger partial charge in [0.1, 0.15) is 11.6 Å². The molecule has 4 fully saturated rings. The lowest BCUT2D eigenvalue weighted by molar-refractivity contribution is -0.0384. The topological polar surface area (TPSA) is 71.0 Å². The summed E-state index contributed by atoms with van der Waals surface area (Å²) in [5.74, 6) is -3.08. The van der Waals surface area contributed by atoms with Gasteiger partial charge in [0.05, 0.1) is 16.9 Å². The Labute approximate surface area is 217 Å². The van der Waals surface area contributed by atoms with Gasteiger partial charge in [0.15, 0.2) is 0 Å². The van der Waals surface area contributed by atoms with Crippen LogP contribution in [0.5, 0.6) is 0 Å². The molecule has 1 N–H and O–H groups in total. The predicted octanol–water partition coefficient (Wildman–Crippen LogP) is 6.21. The Bertz CT molecular complexity index is 1340. The van der Waals surface area contributed by atoms with Crippen LogP contribution in [0.25, 0.3) is 11.1 Å². The summed E-state index contributed by atoms with van der Waals surface area (Å²) in [5.41, 5.74) is 0.909. The number of hydrogen-bond donors (Lipinski definition) is 1. The average Bonchev–Trinajstić information content (AvgIpc) is 2.90. The molecule has 10 heteroatoms. The van der Waals surface area contributed by atoms with E-state index in [2.05, 4.69) is 25.2 Å². The molecule has 1 aromatic carbocycles. The van der Waals surface area contributed by atoms with Crippen molar-refractivity contribution in [3.8, 4) is 11.1 Å². The smallest absolute Gasteiger partial charge is 0.258 e. The first kappa shape index (κ1) is 24.8. The Kier molecular flexibility index (Phi) is 6.28. The van der Waals surface area contributed by atoms with Crippen molar-refractivity contribution in [2.75, 3.05) is 23.3 Å². The van der Waals surface area contributed by atoms with E-state index in [0.717, 1.165) is 31.3 Å². The molecular weight excluding hydrogens is 498 g/mol. The zero-order chi connectivity index (χ0) is 26.4. The van der Waals surface area contributed by atoms with Crippen molar-refractivity contribution in [1.82, 2.24) is 15.0 Å². The van der Waals surface area contributed by atoms with Crippen LogP contribution in [0, 0.1) is 23.5 Å². The van der Waals surface area contributed by atoms with Gasteiger partial charge in [0.2, 0.25) is 11.9 Å². The fraction of sp³-hybridized carbons (Fsp3) is 0.429. The zero-order valence-electron chi connectivity index (χ0n) is 20.6. The minimum absolute atomic E-state index is 0.0552. The first-order valence-electron chi connectivity index (χ1n) is 13.0. The number of nitrogens with one attached hydrogen (secondary N) is 1. The standard InChI is InChI=1S/C28H27F4N5O/c29-20-1-2-23(30)22(11-20)21-5-8-33-24(18-3-6-28(31,32)7-4-18)25(21)36-26(38)19-12-34-27(35-13-19)37-14-16-9-17(10-16)15-37/h1-2,5,8,11-13,16-18H,3-4,6-7,9-10,14-15H2,(H,36,38). The van der Waals surface area contributed by atoms with E-state index in [-0.39, 0.29) is 54.0 Å². The third-order valence-corrected chi connectivity index (χ3v) is 8.01. The number of fused-ring (bicyclic) bond motifs is 2. The van der Waals surface area contributed by atoms with Crippen molar-refractivity contribution < 1.29 is 22.4 Å². The predicted molar refractivity (Wildman–Crippen MR) is 134 cm³/mol. The minimum atomic E-state index is -2.75. The van der Waals surface area contributed by atoms with Gasteiger partial charge in [0, 0.05) is 61.6 Å². The van der Waals surface area contributed by atoms with Gasteiger partial charge >= 0.3 is 0 Å². The van der Waals surface area contributed by atoms with Crippen LogP contribution in [0.1, 0.15) is 60.5 Å². The van der Waals surface area contributed by atoms with E-state index in [0.29, 0.717) is 23.5 Å². The van der Waals surface area contributed by atoms with Crippen molar-refractivity contribution in [2.45, 2.75) is 50.4 Å².